The largest absolute Gasteiger partial charge is 0.388 e. The number of carbonyl (C=O) groups excluding carboxylic acids is 2. The monoisotopic (exact) mass is 590 g/mol. The van der Waals surface area contributed by atoms with Crippen LogP contribution in [0.15, 0.2) is 36.4 Å². The molecular weight excluding hydrogens is 546 g/mol. The van der Waals surface area contributed by atoms with E-state index in [-0.39, 0.29) is 42.8 Å². The van der Waals surface area contributed by atoms with Crippen LogP contribution in [0.5, 0.6) is 0 Å². The molecule has 0 bridgehead atoms. The molecule has 1 fully saturated rings. The van der Waals surface area contributed by atoms with Crippen LogP contribution in [-0.4, -0.2) is 84.2 Å². The zero-order valence-electron chi connectivity index (χ0n) is 24.8. The van der Waals surface area contributed by atoms with Crippen LogP contribution < -0.4 is 5.32 Å². The third kappa shape index (κ3) is 10.1. The van der Waals surface area contributed by atoms with Gasteiger partial charge in [-0.2, -0.15) is 0 Å². The molecule has 42 heavy (non-hydrogen) atoms. The summed E-state index contributed by atoms with van der Waals surface area (Å²) in [5, 5.41) is 24.5. The summed E-state index contributed by atoms with van der Waals surface area (Å²) >= 11 is 0. The van der Waals surface area contributed by atoms with Gasteiger partial charge in [0.15, 0.2) is 0 Å². The van der Waals surface area contributed by atoms with Crippen LogP contribution in [0.4, 0.5) is 8.78 Å². The Morgan fingerprint density at radius 2 is 1.69 bits per heavy atom. The molecule has 2 aromatic carbocycles. The number of carbonyl (C=O) groups is 2. The summed E-state index contributed by atoms with van der Waals surface area (Å²) in [6.45, 7) is 7.62. The number of halogens is 2. The Balaban J connectivity index is 1.78. The first-order chi connectivity index (χ1) is 20.1. The van der Waals surface area contributed by atoms with Crippen molar-refractivity contribution < 1.29 is 38.1 Å². The highest BCUT2D eigenvalue weighted by atomic mass is 19.1. The predicted molar refractivity (Wildman–Crippen MR) is 155 cm³/mol. The van der Waals surface area contributed by atoms with Gasteiger partial charge in [-0.05, 0) is 86.9 Å². The lowest BCUT2D eigenvalue weighted by Gasteiger charge is -2.29. The SMILES string of the molecule is CCCN(CCC)C(=O)c1cc(C)cc(C(=O)NC(Cc2cc(F)cc(F)c2)C(O)C(O)COCC2CCCCO2)c1. The van der Waals surface area contributed by atoms with Gasteiger partial charge in [0.25, 0.3) is 11.8 Å². The third-order valence-electron chi connectivity index (χ3n) is 7.23. The van der Waals surface area contributed by atoms with E-state index in [2.05, 4.69) is 5.32 Å². The fourth-order valence-corrected chi connectivity index (χ4v) is 5.19. The molecule has 232 valence electrons. The van der Waals surface area contributed by atoms with Crippen molar-refractivity contribution in [2.24, 2.45) is 0 Å². The molecule has 3 rings (SSSR count). The minimum absolute atomic E-state index is 0.0855. The van der Waals surface area contributed by atoms with Gasteiger partial charge in [0, 0.05) is 36.9 Å². The fourth-order valence-electron chi connectivity index (χ4n) is 5.19. The minimum atomic E-state index is -1.52. The number of hydrogen-bond donors (Lipinski definition) is 3. The average Bonchev–Trinajstić information content (AvgIpc) is 2.95. The number of benzene rings is 2. The van der Waals surface area contributed by atoms with E-state index >= 15 is 0 Å². The van der Waals surface area contributed by atoms with Crippen LogP contribution in [0, 0.1) is 18.6 Å². The van der Waals surface area contributed by atoms with Crippen LogP contribution in [-0.2, 0) is 15.9 Å². The molecule has 10 heteroatoms. The highest BCUT2D eigenvalue weighted by Crippen LogP contribution is 2.18. The number of aryl methyl sites for hydroxylation is 1. The number of aliphatic hydroxyl groups is 2. The molecule has 2 aromatic rings. The highest BCUT2D eigenvalue weighted by Gasteiger charge is 2.30. The topological polar surface area (TPSA) is 108 Å². The summed E-state index contributed by atoms with van der Waals surface area (Å²) in [4.78, 5) is 28.4. The Hall–Kier alpha value is -2.92. The Labute approximate surface area is 247 Å². The fraction of sp³-hybridized carbons (Fsp3) is 0.562. The average molecular weight is 591 g/mol. The van der Waals surface area contributed by atoms with E-state index in [1.807, 2.05) is 13.8 Å². The van der Waals surface area contributed by atoms with Gasteiger partial charge in [-0.3, -0.25) is 9.59 Å². The second-order valence-electron chi connectivity index (χ2n) is 11.0. The summed E-state index contributed by atoms with van der Waals surface area (Å²) in [6.07, 6.45) is 1.28. The molecule has 8 nitrogen and oxygen atoms in total. The van der Waals surface area contributed by atoms with E-state index in [1.165, 1.54) is 6.07 Å². The summed E-state index contributed by atoms with van der Waals surface area (Å²) in [5.74, 6) is -2.38. The molecule has 2 amide bonds. The lowest BCUT2D eigenvalue weighted by Crippen LogP contribution is -2.51. The maximum absolute atomic E-state index is 13.9. The van der Waals surface area contributed by atoms with E-state index in [9.17, 15) is 28.6 Å². The maximum Gasteiger partial charge on any atom is 0.253 e. The van der Waals surface area contributed by atoms with Crippen LogP contribution in [0.1, 0.15) is 77.8 Å². The molecule has 1 aliphatic heterocycles. The molecule has 0 saturated carbocycles. The molecule has 0 aliphatic carbocycles. The first-order valence-corrected chi connectivity index (χ1v) is 14.8. The van der Waals surface area contributed by atoms with Gasteiger partial charge in [-0.25, -0.2) is 8.78 Å². The zero-order chi connectivity index (χ0) is 30.6. The Bertz CT molecular complexity index is 1150. The van der Waals surface area contributed by atoms with Crippen LogP contribution in [0.25, 0.3) is 0 Å². The van der Waals surface area contributed by atoms with Gasteiger partial charge in [0.1, 0.15) is 23.8 Å². The van der Waals surface area contributed by atoms with Crippen molar-refractivity contribution in [1.29, 1.82) is 0 Å². The molecule has 1 aliphatic rings. The van der Waals surface area contributed by atoms with Crippen molar-refractivity contribution in [1.82, 2.24) is 10.2 Å². The molecule has 4 atom stereocenters. The van der Waals surface area contributed by atoms with E-state index in [1.54, 1.807) is 24.0 Å². The van der Waals surface area contributed by atoms with Gasteiger partial charge in [0.05, 0.1) is 25.4 Å². The molecule has 0 aromatic heterocycles. The summed E-state index contributed by atoms with van der Waals surface area (Å²) in [7, 11) is 0. The highest BCUT2D eigenvalue weighted by molar-refractivity contribution is 6.00. The standard InChI is InChI=1S/C32H44F2N2O6/c1-4-9-36(10-5-2)32(40)24-13-21(3)12-23(17-24)31(39)35-28(16-22-14-25(33)18-26(34)15-22)30(38)29(37)20-41-19-27-8-6-7-11-42-27/h12-15,17-18,27-30,37-38H,4-11,16,19-20H2,1-3H3,(H,35,39). The minimum Gasteiger partial charge on any atom is -0.388 e. The van der Waals surface area contributed by atoms with Gasteiger partial charge in [-0.1, -0.05) is 13.8 Å². The second-order valence-corrected chi connectivity index (χ2v) is 11.0. The number of rotatable bonds is 15. The number of ether oxygens (including phenoxy) is 2. The van der Waals surface area contributed by atoms with Gasteiger partial charge in [0.2, 0.25) is 0 Å². The number of nitrogens with zero attached hydrogens (tertiary/aromatic N) is 1. The quantitative estimate of drug-likeness (QED) is 0.287. The lowest BCUT2D eigenvalue weighted by molar-refractivity contribution is -0.0837. The van der Waals surface area contributed by atoms with E-state index in [0.29, 0.717) is 30.8 Å². The molecule has 3 N–H and O–H groups in total. The number of aliphatic hydroxyl groups excluding tert-OH is 2. The van der Waals surface area contributed by atoms with Crippen molar-refractivity contribution in [3.63, 3.8) is 0 Å². The van der Waals surface area contributed by atoms with Gasteiger partial charge < -0.3 is 29.9 Å². The summed E-state index contributed by atoms with van der Waals surface area (Å²) in [6, 6.07) is 6.66. The van der Waals surface area contributed by atoms with Crippen LogP contribution in [0.2, 0.25) is 0 Å². The number of nitrogens with one attached hydrogen (secondary N) is 1. The lowest BCUT2D eigenvalue weighted by atomic mass is 9.96. The van der Waals surface area contributed by atoms with Gasteiger partial charge in [-0.15, -0.1) is 0 Å². The molecule has 0 radical (unpaired) electrons. The first-order valence-electron chi connectivity index (χ1n) is 14.8. The van der Waals surface area contributed by atoms with E-state index < -0.39 is 35.8 Å². The first kappa shape index (κ1) is 33.6. The van der Waals surface area contributed by atoms with Crippen molar-refractivity contribution in [2.75, 3.05) is 32.9 Å². The molecule has 0 spiro atoms. The molecular formula is C32H44F2N2O6. The van der Waals surface area contributed by atoms with Crippen LogP contribution >= 0.6 is 0 Å². The maximum atomic E-state index is 13.9. The van der Waals surface area contributed by atoms with Gasteiger partial charge >= 0.3 is 0 Å². The van der Waals surface area contributed by atoms with Crippen molar-refractivity contribution in [3.8, 4) is 0 Å². The summed E-state index contributed by atoms with van der Waals surface area (Å²) < 4.78 is 39.1. The Morgan fingerprint density at radius 1 is 1.02 bits per heavy atom. The molecule has 1 saturated heterocycles. The smallest absolute Gasteiger partial charge is 0.253 e. The number of amides is 2. The Morgan fingerprint density at radius 3 is 2.31 bits per heavy atom. The van der Waals surface area contributed by atoms with Crippen molar-refractivity contribution in [2.45, 2.75) is 83.6 Å². The number of hydrogen-bond acceptors (Lipinski definition) is 6. The Kier molecular flexibility index (Phi) is 13.3. The van der Waals surface area contributed by atoms with E-state index in [4.69, 9.17) is 9.47 Å². The second kappa shape index (κ2) is 16.6. The van der Waals surface area contributed by atoms with Crippen molar-refractivity contribution >= 4 is 11.8 Å². The van der Waals surface area contributed by atoms with E-state index in [0.717, 1.165) is 50.3 Å². The third-order valence-corrected chi connectivity index (χ3v) is 7.23. The molecule has 4 unspecified atom stereocenters. The predicted octanol–water partition coefficient (Wildman–Crippen LogP) is 4.18. The normalized spacial score (nSPS) is 17.4. The van der Waals surface area contributed by atoms with Crippen molar-refractivity contribution in [3.05, 3.63) is 70.3 Å². The zero-order valence-corrected chi connectivity index (χ0v) is 24.8. The summed E-state index contributed by atoms with van der Waals surface area (Å²) in [5.41, 5.74) is 1.44. The molecule has 1 heterocycles. The van der Waals surface area contributed by atoms with Crippen LogP contribution in [0.3, 0.4) is 0 Å².